The van der Waals surface area contributed by atoms with Gasteiger partial charge in [-0.2, -0.15) is 5.10 Å². The summed E-state index contributed by atoms with van der Waals surface area (Å²) in [4.78, 5) is 5.59. The van der Waals surface area contributed by atoms with E-state index in [9.17, 15) is 0 Å². The first-order chi connectivity index (χ1) is 8.75. The molecule has 94 valence electrons. The van der Waals surface area contributed by atoms with Crippen LogP contribution >= 0.6 is 11.3 Å². The average Bonchev–Trinajstić information content (AvgIpc) is 2.99. The Bertz CT molecular complexity index is 663. The van der Waals surface area contributed by atoms with Gasteiger partial charge in [-0.15, -0.1) is 11.3 Å². The molecule has 0 saturated carbocycles. The van der Waals surface area contributed by atoms with E-state index >= 15 is 0 Å². The fraction of sp³-hybridized carbons (Fsp3) is 0.333. The molecule has 0 amide bonds. The van der Waals surface area contributed by atoms with Gasteiger partial charge in [0.15, 0.2) is 4.96 Å². The SMILES string of the molecule is Cc1nc2sccn2c1CNCc1cn[nH]c1C. The van der Waals surface area contributed by atoms with Crippen molar-refractivity contribution in [1.82, 2.24) is 24.9 Å². The van der Waals surface area contributed by atoms with Crippen LogP contribution in [0.4, 0.5) is 0 Å². The lowest BCUT2D eigenvalue weighted by Crippen LogP contribution is -2.14. The van der Waals surface area contributed by atoms with Gasteiger partial charge in [0.1, 0.15) is 0 Å². The summed E-state index contributed by atoms with van der Waals surface area (Å²) in [6.45, 7) is 5.72. The Morgan fingerprint density at radius 1 is 1.39 bits per heavy atom. The van der Waals surface area contributed by atoms with E-state index in [2.05, 4.69) is 43.4 Å². The highest BCUT2D eigenvalue weighted by Crippen LogP contribution is 2.16. The van der Waals surface area contributed by atoms with Crippen molar-refractivity contribution >= 4 is 16.3 Å². The van der Waals surface area contributed by atoms with Crippen molar-refractivity contribution in [2.75, 3.05) is 0 Å². The molecule has 0 aliphatic carbocycles. The Kier molecular flexibility index (Phi) is 2.89. The van der Waals surface area contributed by atoms with Crippen LogP contribution in [0.2, 0.25) is 0 Å². The molecule has 0 saturated heterocycles. The first-order valence-corrected chi connectivity index (χ1v) is 6.74. The van der Waals surface area contributed by atoms with Gasteiger partial charge in [-0.25, -0.2) is 4.98 Å². The summed E-state index contributed by atoms with van der Waals surface area (Å²) in [6.07, 6.45) is 3.94. The van der Waals surface area contributed by atoms with Gasteiger partial charge in [0.05, 0.1) is 17.6 Å². The first-order valence-electron chi connectivity index (χ1n) is 5.86. The molecule has 2 N–H and O–H groups in total. The standard InChI is InChI=1S/C12H15N5S/c1-8-10(6-14-16-8)5-13-7-11-9(2)15-12-17(11)3-4-18-12/h3-4,6,13H,5,7H2,1-2H3,(H,14,16). The van der Waals surface area contributed by atoms with E-state index in [1.54, 1.807) is 11.3 Å². The maximum absolute atomic E-state index is 4.53. The third-order valence-corrected chi connectivity index (χ3v) is 3.86. The molecule has 0 aliphatic heterocycles. The van der Waals surface area contributed by atoms with Crippen molar-refractivity contribution in [3.05, 3.63) is 40.4 Å². The minimum Gasteiger partial charge on any atom is -0.307 e. The molecule has 0 fully saturated rings. The van der Waals surface area contributed by atoms with Crippen molar-refractivity contribution < 1.29 is 0 Å². The number of nitrogens with one attached hydrogen (secondary N) is 2. The van der Waals surface area contributed by atoms with Gasteiger partial charge in [0.25, 0.3) is 0 Å². The summed E-state index contributed by atoms with van der Waals surface area (Å²) < 4.78 is 2.15. The lowest BCUT2D eigenvalue weighted by molar-refractivity contribution is 0.670. The summed E-state index contributed by atoms with van der Waals surface area (Å²) in [5, 5.41) is 12.5. The van der Waals surface area contributed by atoms with Crippen LogP contribution < -0.4 is 5.32 Å². The summed E-state index contributed by atoms with van der Waals surface area (Å²) in [5.74, 6) is 0. The fourth-order valence-electron chi connectivity index (χ4n) is 2.02. The molecular weight excluding hydrogens is 246 g/mol. The summed E-state index contributed by atoms with van der Waals surface area (Å²) >= 11 is 1.67. The number of aromatic nitrogens is 4. The minimum atomic E-state index is 0.814. The lowest BCUT2D eigenvalue weighted by atomic mass is 10.2. The second-order valence-electron chi connectivity index (χ2n) is 4.32. The minimum absolute atomic E-state index is 0.814. The molecular formula is C12H15N5S. The fourth-order valence-corrected chi connectivity index (χ4v) is 2.80. The number of thiazole rings is 1. The Morgan fingerprint density at radius 3 is 3.06 bits per heavy atom. The smallest absolute Gasteiger partial charge is 0.194 e. The molecule has 5 nitrogen and oxygen atoms in total. The van der Waals surface area contributed by atoms with E-state index in [0.29, 0.717) is 0 Å². The Balaban J connectivity index is 1.71. The number of aryl methyl sites for hydroxylation is 2. The molecule has 0 atom stereocenters. The summed E-state index contributed by atoms with van der Waals surface area (Å²) in [5.41, 5.74) is 4.65. The predicted octanol–water partition coefficient (Wildman–Crippen LogP) is 2.03. The molecule has 0 bridgehead atoms. The molecule has 0 aromatic carbocycles. The van der Waals surface area contributed by atoms with Gasteiger partial charge in [-0.1, -0.05) is 0 Å². The van der Waals surface area contributed by atoms with Crippen LogP contribution in [0.25, 0.3) is 4.96 Å². The Labute approximate surface area is 109 Å². The number of rotatable bonds is 4. The zero-order valence-electron chi connectivity index (χ0n) is 10.4. The van der Waals surface area contributed by atoms with Crippen LogP contribution in [0.5, 0.6) is 0 Å². The van der Waals surface area contributed by atoms with E-state index in [4.69, 9.17) is 0 Å². The van der Waals surface area contributed by atoms with E-state index in [0.717, 1.165) is 29.4 Å². The average molecular weight is 261 g/mol. The number of hydrogen-bond acceptors (Lipinski definition) is 4. The molecule has 3 aromatic rings. The number of H-pyrrole nitrogens is 1. The quantitative estimate of drug-likeness (QED) is 0.755. The maximum atomic E-state index is 4.53. The van der Waals surface area contributed by atoms with Crippen LogP contribution in [0, 0.1) is 13.8 Å². The Hall–Kier alpha value is -1.66. The van der Waals surface area contributed by atoms with Crippen molar-refractivity contribution in [1.29, 1.82) is 0 Å². The number of fused-ring (bicyclic) bond motifs is 1. The number of aromatic amines is 1. The highest BCUT2D eigenvalue weighted by Gasteiger charge is 2.09. The Morgan fingerprint density at radius 2 is 2.28 bits per heavy atom. The van der Waals surface area contributed by atoms with Gasteiger partial charge in [0.2, 0.25) is 0 Å². The molecule has 18 heavy (non-hydrogen) atoms. The van der Waals surface area contributed by atoms with Gasteiger partial charge in [-0.3, -0.25) is 9.50 Å². The van der Waals surface area contributed by atoms with Crippen molar-refractivity contribution in [2.45, 2.75) is 26.9 Å². The lowest BCUT2D eigenvalue weighted by Gasteiger charge is -2.04. The summed E-state index contributed by atoms with van der Waals surface area (Å²) in [7, 11) is 0. The van der Waals surface area contributed by atoms with Gasteiger partial charge in [0, 0.05) is 35.9 Å². The topological polar surface area (TPSA) is 58.0 Å². The van der Waals surface area contributed by atoms with Crippen LogP contribution in [0.15, 0.2) is 17.8 Å². The molecule has 0 unspecified atom stereocenters. The molecule has 3 heterocycles. The van der Waals surface area contributed by atoms with E-state index < -0.39 is 0 Å². The molecule has 0 aliphatic rings. The number of imidazole rings is 1. The van der Waals surface area contributed by atoms with Crippen LogP contribution in [0.3, 0.4) is 0 Å². The third kappa shape index (κ3) is 1.93. The van der Waals surface area contributed by atoms with Crippen molar-refractivity contribution in [3.8, 4) is 0 Å². The zero-order valence-corrected chi connectivity index (χ0v) is 11.2. The number of hydrogen-bond donors (Lipinski definition) is 2. The normalized spacial score (nSPS) is 11.4. The predicted molar refractivity (Wildman–Crippen MR) is 71.7 cm³/mol. The van der Waals surface area contributed by atoms with E-state index in [1.165, 1.54) is 11.3 Å². The van der Waals surface area contributed by atoms with Crippen LogP contribution in [-0.2, 0) is 13.1 Å². The molecule has 0 spiro atoms. The van der Waals surface area contributed by atoms with Crippen LogP contribution in [0.1, 0.15) is 22.6 Å². The highest BCUT2D eigenvalue weighted by molar-refractivity contribution is 7.15. The van der Waals surface area contributed by atoms with Gasteiger partial charge >= 0.3 is 0 Å². The second-order valence-corrected chi connectivity index (χ2v) is 5.20. The third-order valence-electron chi connectivity index (χ3n) is 3.10. The largest absolute Gasteiger partial charge is 0.307 e. The van der Waals surface area contributed by atoms with Crippen molar-refractivity contribution in [3.63, 3.8) is 0 Å². The van der Waals surface area contributed by atoms with Crippen LogP contribution in [-0.4, -0.2) is 19.6 Å². The van der Waals surface area contributed by atoms with Gasteiger partial charge in [-0.05, 0) is 13.8 Å². The molecule has 6 heteroatoms. The van der Waals surface area contributed by atoms with Crippen molar-refractivity contribution in [2.24, 2.45) is 0 Å². The maximum Gasteiger partial charge on any atom is 0.194 e. The monoisotopic (exact) mass is 261 g/mol. The highest BCUT2D eigenvalue weighted by atomic mass is 32.1. The van der Waals surface area contributed by atoms with E-state index in [1.807, 2.05) is 13.1 Å². The zero-order chi connectivity index (χ0) is 12.5. The molecule has 3 rings (SSSR count). The molecule has 3 aromatic heterocycles. The summed E-state index contributed by atoms with van der Waals surface area (Å²) in [6, 6.07) is 0. The second kappa shape index (κ2) is 4.55. The van der Waals surface area contributed by atoms with Gasteiger partial charge < -0.3 is 5.32 Å². The first kappa shape index (κ1) is 11.4. The van der Waals surface area contributed by atoms with E-state index in [-0.39, 0.29) is 0 Å². The molecule has 0 radical (unpaired) electrons. The number of nitrogens with zero attached hydrogens (tertiary/aromatic N) is 3.